The van der Waals surface area contributed by atoms with Crippen molar-refractivity contribution in [2.24, 2.45) is 0 Å². The number of aliphatic hydroxyl groups is 2. The van der Waals surface area contributed by atoms with Gasteiger partial charge in [0.25, 0.3) is 0 Å². The molecule has 0 aliphatic carbocycles. The minimum absolute atomic E-state index is 0.0870. The van der Waals surface area contributed by atoms with Crippen LogP contribution in [0, 0.1) is 0 Å². The molecule has 1 aromatic carbocycles. The molecule has 8 nitrogen and oxygen atoms in total. The number of rotatable bonds is 8. The minimum atomic E-state index is -0.715. The predicted molar refractivity (Wildman–Crippen MR) is 110 cm³/mol. The molecule has 2 aromatic heterocycles. The number of imidazole rings is 1. The van der Waals surface area contributed by atoms with E-state index in [1.165, 1.54) is 6.33 Å². The highest BCUT2D eigenvalue weighted by Gasteiger charge is 2.36. The average molecular weight is 418 g/mol. The molecule has 0 amide bonds. The molecule has 0 spiro atoms. The van der Waals surface area contributed by atoms with E-state index >= 15 is 0 Å². The van der Waals surface area contributed by atoms with Crippen LogP contribution in [0.25, 0.3) is 11.2 Å². The zero-order valence-corrected chi connectivity index (χ0v) is 16.7. The summed E-state index contributed by atoms with van der Waals surface area (Å²) in [4.78, 5) is 18.4. The molecule has 1 fully saturated rings. The van der Waals surface area contributed by atoms with Gasteiger partial charge in [-0.2, -0.15) is 0 Å². The Kier molecular flexibility index (Phi) is 6.13. The number of para-hydroxylation sites is 1. The third kappa shape index (κ3) is 4.29. The van der Waals surface area contributed by atoms with Crippen molar-refractivity contribution in [2.75, 3.05) is 18.1 Å². The maximum atomic E-state index is 9.81. The van der Waals surface area contributed by atoms with E-state index in [0.717, 1.165) is 30.6 Å². The van der Waals surface area contributed by atoms with Crippen LogP contribution in [-0.4, -0.2) is 61.6 Å². The Morgan fingerprint density at radius 3 is 2.86 bits per heavy atom. The molecule has 1 aliphatic rings. The van der Waals surface area contributed by atoms with Crippen LogP contribution in [0.2, 0.25) is 5.02 Å². The van der Waals surface area contributed by atoms with Crippen molar-refractivity contribution in [1.29, 1.82) is 0 Å². The number of hydrogen-bond acceptors (Lipinski definition) is 7. The van der Waals surface area contributed by atoms with Crippen molar-refractivity contribution in [2.45, 2.75) is 43.9 Å². The van der Waals surface area contributed by atoms with E-state index in [2.05, 4.69) is 24.8 Å². The summed E-state index contributed by atoms with van der Waals surface area (Å²) in [5.41, 5.74) is 1.40. The Bertz CT molecular complexity index is 953. The van der Waals surface area contributed by atoms with Gasteiger partial charge in [0, 0.05) is 6.04 Å². The Hall–Kier alpha value is -2.42. The fraction of sp³-hybridized carbons (Fsp3) is 0.450. The first kappa shape index (κ1) is 19.9. The quantitative estimate of drug-likeness (QED) is 0.517. The van der Waals surface area contributed by atoms with Crippen molar-refractivity contribution >= 4 is 28.6 Å². The molecule has 3 atom stereocenters. The van der Waals surface area contributed by atoms with E-state index in [0.29, 0.717) is 29.4 Å². The topological polar surface area (TPSA) is 107 Å². The highest BCUT2D eigenvalue weighted by atomic mass is 35.5. The number of hydrogen-bond donors (Lipinski definition) is 3. The number of ether oxygens (including phenoxy) is 1. The van der Waals surface area contributed by atoms with E-state index in [4.69, 9.17) is 21.4 Å². The van der Waals surface area contributed by atoms with Crippen LogP contribution in [0.4, 0.5) is 5.82 Å². The summed E-state index contributed by atoms with van der Waals surface area (Å²) >= 11 is 6.23. The molecule has 1 aliphatic heterocycles. The molecule has 0 radical (unpaired) electrons. The van der Waals surface area contributed by atoms with E-state index < -0.39 is 6.10 Å². The Morgan fingerprint density at radius 1 is 1.21 bits per heavy atom. The zero-order valence-electron chi connectivity index (χ0n) is 15.9. The molecule has 0 bridgehead atoms. The SMILES string of the molecule is OC[C@@H](O)CCC1CC[C@H](COc2ccccc2Cl)N1c1ncnc2nc[nH]c12. The number of halogens is 1. The lowest BCUT2D eigenvalue weighted by Gasteiger charge is -2.32. The van der Waals surface area contributed by atoms with Crippen LogP contribution in [-0.2, 0) is 0 Å². The maximum Gasteiger partial charge on any atom is 0.182 e. The number of fused-ring (bicyclic) bond motifs is 1. The molecule has 4 rings (SSSR count). The zero-order chi connectivity index (χ0) is 20.2. The maximum absolute atomic E-state index is 9.81. The van der Waals surface area contributed by atoms with Gasteiger partial charge in [-0.25, -0.2) is 15.0 Å². The first-order chi connectivity index (χ1) is 14.2. The largest absolute Gasteiger partial charge is 0.490 e. The summed E-state index contributed by atoms with van der Waals surface area (Å²) in [6.07, 6.45) is 5.53. The van der Waals surface area contributed by atoms with Crippen molar-refractivity contribution < 1.29 is 14.9 Å². The third-order valence-electron chi connectivity index (χ3n) is 5.38. The second kappa shape index (κ2) is 8.94. The van der Waals surface area contributed by atoms with Crippen LogP contribution in [0.3, 0.4) is 0 Å². The Morgan fingerprint density at radius 2 is 2.03 bits per heavy atom. The Labute approximate surface area is 173 Å². The van der Waals surface area contributed by atoms with E-state index in [9.17, 15) is 5.11 Å². The van der Waals surface area contributed by atoms with Gasteiger partial charge >= 0.3 is 0 Å². The molecule has 0 saturated carbocycles. The number of H-pyrrole nitrogens is 1. The van der Waals surface area contributed by atoms with Crippen molar-refractivity contribution in [3.8, 4) is 5.75 Å². The predicted octanol–water partition coefficient (Wildman–Crippen LogP) is 2.56. The third-order valence-corrected chi connectivity index (χ3v) is 5.69. The summed E-state index contributed by atoms with van der Waals surface area (Å²) < 4.78 is 6.03. The molecule has 1 saturated heterocycles. The summed E-state index contributed by atoms with van der Waals surface area (Å²) in [5.74, 6) is 1.43. The average Bonchev–Trinajstić information content (AvgIpc) is 3.38. The molecule has 1 unspecified atom stereocenters. The number of aliphatic hydroxyl groups excluding tert-OH is 2. The van der Waals surface area contributed by atoms with Gasteiger partial charge in [-0.15, -0.1) is 0 Å². The highest BCUT2D eigenvalue weighted by molar-refractivity contribution is 6.32. The molecule has 29 heavy (non-hydrogen) atoms. The smallest absolute Gasteiger partial charge is 0.182 e. The minimum Gasteiger partial charge on any atom is -0.490 e. The van der Waals surface area contributed by atoms with E-state index in [-0.39, 0.29) is 18.7 Å². The van der Waals surface area contributed by atoms with Crippen LogP contribution >= 0.6 is 11.6 Å². The fourth-order valence-electron chi connectivity index (χ4n) is 3.93. The molecule has 3 N–H and O–H groups in total. The first-order valence-corrected chi connectivity index (χ1v) is 10.1. The van der Waals surface area contributed by atoms with Gasteiger partial charge in [0.1, 0.15) is 24.2 Å². The number of aromatic nitrogens is 4. The van der Waals surface area contributed by atoms with Gasteiger partial charge in [-0.05, 0) is 37.8 Å². The van der Waals surface area contributed by atoms with Gasteiger partial charge in [-0.1, -0.05) is 23.7 Å². The molecular weight excluding hydrogens is 394 g/mol. The lowest BCUT2D eigenvalue weighted by atomic mass is 10.1. The standard InChI is InChI=1S/C20H24ClN5O3/c21-16-3-1-2-4-17(16)29-10-14-6-5-13(7-8-15(28)9-27)26(14)20-18-19(23-11-22-18)24-12-25-20/h1-4,11-15,27-28H,5-10H2,(H,22,23,24,25)/t13?,14-,15+/m1/s1. The molecule has 3 heterocycles. The normalized spacial score (nSPS) is 20.3. The lowest BCUT2D eigenvalue weighted by Crippen LogP contribution is -2.40. The van der Waals surface area contributed by atoms with E-state index in [1.807, 2.05) is 18.2 Å². The number of aromatic amines is 1. The van der Waals surface area contributed by atoms with Gasteiger partial charge in [0.2, 0.25) is 0 Å². The molecular formula is C20H24ClN5O3. The van der Waals surface area contributed by atoms with Crippen molar-refractivity contribution in [3.05, 3.63) is 41.9 Å². The lowest BCUT2D eigenvalue weighted by molar-refractivity contribution is 0.0850. The van der Waals surface area contributed by atoms with Gasteiger partial charge < -0.3 is 24.8 Å². The summed E-state index contributed by atoms with van der Waals surface area (Å²) in [5, 5.41) is 19.6. The van der Waals surface area contributed by atoms with Crippen molar-refractivity contribution in [1.82, 2.24) is 19.9 Å². The molecule has 154 valence electrons. The van der Waals surface area contributed by atoms with Crippen LogP contribution < -0.4 is 9.64 Å². The van der Waals surface area contributed by atoms with Crippen LogP contribution in [0.1, 0.15) is 25.7 Å². The molecule has 3 aromatic rings. The van der Waals surface area contributed by atoms with Crippen LogP contribution in [0.5, 0.6) is 5.75 Å². The van der Waals surface area contributed by atoms with Gasteiger partial charge in [0.15, 0.2) is 11.5 Å². The first-order valence-electron chi connectivity index (χ1n) is 9.76. The van der Waals surface area contributed by atoms with Crippen LogP contribution in [0.15, 0.2) is 36.9 Å². The molecule has 9 heteroatoms. The summed E-state index contributed by atoms with van der Waals surface area (Å²) in [6, 6.07) is 7.68. The summed E-state index contributed by atoms with van der Waals surface area (Å²) in [6.45, 7) is 0.229. The highest BCUT2D eigenvalue weighted by Crippen LogP contribution is 2.35. The monoisotopic (exact) mass is 417 g/mol. The Balaban J connectivity index is 1.58. The summed E-state index contributed by atoms with van der Waals surface area (Å²) in [7, 11) is 0. The number of nitrogens with one attached hydrogen (secondary N) is 1. The second-order valence-corrected chi connectivity index (χ2v) is 7.65. The van der Waals surface area contributed by atoms with Gasteiger partial charge in [0.05, 0.1) is 30.1 Å². The number of benzene rings is 1. The van der Waals surface area contributed by atoms with Gasteiger partial charge in [-0.3, -0.25) is 0 Å². The fourth-order valence-corrected chi connectivity index (χ4v) is 4.12. The van der Waals surface area contributed by atoms with E-state index in [1.54, 1.807) is 12.4 Å². The van der Waals surface area contributed by atoms with Crippen molar-refractivity contribution in [3.63, 3.8) is 0 Å². The number of nitrogens with zero attached hydrogens (tertiary/aromatic N) is 4. The second-order valence-electron chi connectivity index (χ2n) is 7.25. The number of anilines is 1.